The Hall–Kier alpha value is -1.53. The van der Waals surface area contributed by atoms with Crippen LogP contribution in [0.1, 0.15) is 24.2 Å². The molecule has 1 amide bonds. The van der Waals surface area contributed by atoms with E-state index < -0.39 is 26.0 Å². The van der Waals surface area contributed by atoms with E-state index >= 15 is 0 Å². The zero-order valence-electron chi connectivity index (χ0n) is 16.1. The van der Waals surface area contributed by atoms with Gasteiger partial charge in [-0.3, -0.25) is 4.79 Å². The van der Waals surface area contributed by atoms with Gasteiger partial charge in [0.05, 0.1) is 23.9 Å². The Morgan fingerprint density at radius 1 is 1.14 bits per heavy atom. The van der Waals surface area contributed by atoms with Crippen molar-refractivity contribution in [1.29, 1.82) is 0 Å². The molecule has 1 aromatic rings. The van der Waals surface area contributed by atoms with E-state index in [-0.39, 0.29) is 22.8 Å². The molecule has 1 heterocycles. The standard InChI is InChI=1S/C17H27N3O6S2/c1-3-19(4-2)28(24,25)16-7-5-6-15(14-16)17(21)18-8-13-27(22,23)20-9-11-26-12-10-20/h5-7,14H,3-4,8-13H2,1-2H3,(H,18,21). The predicted octanol–water partition coefficient (Wildman–Crippen LogP) is 0.109. The molecule has 0 spiro atoms. The molecular formula is C17H27N3O6S2. The monoisotopic (exact) mass is 433 g/mol. The van der Waals surface area contributed by atoms with Crippen LogP contribution in [0.4, 0.5) is 0 Å². The van der Waals surface area contributed by atoms with E-state index in [1.165, 1.54) is 32.9 Å². The van der Waals surface area contributed by atoms with Crippen molar-refractivity contribution >= 4 is 26.0 Å². The molecule has 11 heteroatoms. The van der Waals surface area contributed by atoms with Gasteiger partial charge in [0.15, 0.2) is 0 Å². The third-order valence-electron chi connectivity index (χ3n) is 4.45. The molecule has 1 aromatic carbocycles. The van der Waals surface area contributed by atoms with Crippen LogP contribution >= 0.6 is 0 Å². The highest BCUT2D eigenvalue weighted by atomic mass is 32.2. The van der Waals surface area contributed by atoms with Crippen molar-refractivity contribution in [2.24, 2.45) is 0 Å². The molecule has 0 saturated carbocycles. The van der Waals surface area contributed by atoms with E-state index in [0.29, 0.717) is 39.4 Å². The maximum Gasteiger partial charge on any atom is 0.251 e. The first-order chi connectivity index (χ1) is 13.2. The number of morpholine rings is 1. The molecule has 1 fully saturated rings. The van der Waals surface area contributed by atoms with Gasteiger partial charge in [0.25, 0.3) is 5.91 Å². The molecule has 1 aliphatic heterocycles. The Morgan fingerprint density at radius 2 is 1.79 bits per heavy atom. The summed E-state index contributed by atoms with van der Waals surface area (Å²) in [7, 11) is -7.15. The molecule has 2 rings (SSSR count). The molecule has 0 aliphatic carbocycles. The summed E-state index contributed by atoms with van der Waals surface area (Å²) in [5.41, 5.74) is 0.164. The first kappa shape index (κ1) is 22.8. The van der Waals surface area contributed by atoms with Crippen LogP contribution in [-0.2, 0) is 24.8 Å². The molecule has 158 valence electrons. The van der Waals surface area contributed by atoms with Gasteiger partial charge in [-0.05, 0) is 18.2 Å². The van der Waals surface area contributed by atoms with Gasteiger partial charge >= 0.3 is 0 Å². The van der Waals surface area contributed by atoms with Gasteiger partial charge in [0.2, 0.25) is 20.0 Å². The largest absolute Gasteiger partial charge is 0.379 e. The van der Waals surface area contributed by atoms with Crippen LogP contribution in [0.25, 0.3) is 0 Å². The lowest BCUT2D eigenvalue weighted by Crippen LogP contribution is -2.43. The van der Waals surface area contributed by atoms with Crippen molar-refractivity contribution in [3.8, 4) is 0 Å². The van der Waals surface area contributed by atoms with Crippen molar-refractivity contribution in [1.82, 2.24) is 13.9 Å². The molecular weight excluding hydrogens is 406 g/mol. The van der Waals surface area contributed by atoms with E-state index in [9.17, 15) is 21.6 Å². The third-order valence-corrected chi connectivity index (χ3v) is 8.37. The molecule has 0 unspecified atom stereocenters. The number of hydrogen-bond acceptors (Lipinski definition) is 6. The van der Waals surface area contributed by atoms with Crippen LogP contribution in [0.2, 0.25) is 0 Å². The van der Waals surface area contributed by atoms with Gasteiger partial charge < -0.3 is 10.1 Å². The van der Waals surface area contributed by atoms with Crippen LogP contribution < -0.4 is 5.32 Å². The average Bonchev–Trinajstić information content (AvgIpc) is 2.69. The summed E-state index contributed by atoms with van der Waals surface area (Å²) < 4.78 is 57.5. The number of nitrogens with one attached hydrogen (secondary N) is 1. The van der Waals surface area contributed by atoms with E-state index in [0.717, 1.165) is 0 Å². The van der Waals surface area contributed by atoms with Crippen molar-refractivity contribution < 1.29 is 26.4 Å². The fourth-order valence-electron chi connectivity index (χ4n) is 2.86. The highest BCUT2D eigenvalue weighted by molar-refractivity contribution is 7.89. The molecule has 0 radical (unpaired) electrons. The number of nitrogens with zero attached hydrogens (tertiary/aromatic N) is 2. The summed E-state index contributed by atoms with van der Waals surface area (Å²) in [6, 6.07) is 5.73. The second kappa shape index (κ2) is 9.79. The molecule has 0 aromatic heterocycles. The maximum atomic E-state index is 12.6. The number of benzene rings is 1. The van der Waals surface area contributed by atoms with Crippen LogP contribution in [0.5, 0.6) is 0 Å². The summed E-state index contributed by atoms with van der Waals surface area (Å²) in [6.45, 7) is 5.41. The Kier molecular flexibility index (Phi) is 7.96. The second-order valence-electron chi connectivity index (χ2n) is 6.20. The minimum Gasteiger partial charge on any atom is -0.379 e. The quantitative estimate of drug-likeness (QED) is 0.591. The summed E-state index contributed by atoms with van der Waals surface area (Å²) in [5.74, 6) is -0.746. The Morgan fingerprint density at radius 3 is 2.39 bits per heavy atom. The van der Waals surface area contributed by atoms with Crippen LogP contribution in [0.3, 0.4) is 0 Å². The summed E-state index contributed by atoms with van der Waals surface area (Å²) in [5, 5.41) is 2.55. The summed E-state index contributed by atoms with van der Waals surface area (Å²) in [4.78, 5) is 12.4. The zero-order valence-corrected chi connectivity index (χ0v) is 17.8. The molecule has 1 saturated heterocycles. The predicted molar refractivity (Wildman–Crippen MR) is 105 cm³/mol. The molecule has 28 heavy (non-hydrogen) atoms. The minimum atomic E-state index is -3.68. The van der Waals surface area contributed by atoms with Crippen molar-refractivity contribution in [2.75, 3.05) is 51.7 Å². The Balaban J connectivity index is 2.01. The average molecular weight is 434 g/mol. The van der Waals surface area contributed by atoms with E-state index in [2.05, 4.69) is 5.32 Å². The van der Waals surface area contributed by atoms with Crippen molar-refractivity contribution in [2.45, 2.75) is 18.7 Å². The number of rotatable bonds is 9. The van der Waals surface area contributed by atoms with Crippen LogP contribution in [0, 0.1) is 0 Å². The van der Waals surface area contributed by atoms with E-state index in [1.54, 1.807) is 13.8 Å². The summed E-state index contributed by atoms with van der Waals surface area (Å²) in [6.07, 6.45) is 0. The van der Waals surface area contributed by atoms with Gasteiger partial charge in [0.1, 0.15) is 0 Å². The first-order valence-corrected chi connectivity index (χ1v) is 12.2. The van der Waals surface area contributed by atoms with E-state index in [4.69, 9.17) is 4.74 Å². The van der Waals surface area contributed by atoms with Gasteiger partial charge in [-0.1, -0.05) is 19.9 Å². The third kappa shape index (κ3) is 5.51. The molecule has 0 bridgehead atoms. The topological polar surface area (TPSA) is 113 Å². The molecule has 1 N–H and O–H groups in total. The van der Waals surface area contributed by atoms with Crippen LogP contribution in [-0.4, -0.2) is 83.0 Å². The van der Waals surface area contributed by atoms with Gasteiger partial charge in [0, 0.05) is 38.3 Å². The summed E-state index contributed by atoms with van der Waals surface area (Å²) >= 11 is 0. The van der Waals surface area contributed by atoms with Crippen molar-refractivity contribution in [3.05, 3.63) is 29.8 Å². The van der Waals surface area contributed by atoms with Crippen molar-refractivity contribution in [3.63, 3.8) is 0 Å². The highest BCUT2D eigenvalue weighted by Gasteiger charge is 2.25. The van der Waals surface area contributed by atoms with Crippen LogP contribution in [0.15, 0.2) is 29.2 Å². The first-order valence-electron chi connectivity index (χ1n) is 9.16. The Bertz CT molecular complexity index is 876. The minimum absolute atomic E-state index is 0.0322. The fourth-order valence-corrected chi connectivity index (χ4v) is 5.69. The Labute approximate surface area is 166 Å². The molecule has 1 aliphatic rings. The lowest BCUT2D eigenvalue weighted by atomic mass is 10.2. The molecule has 0 atom stereocenters. The zero-order chi connectivity index (χ0) is 20.8. The second-order valence-corrected chi connectivity index (χ2v) is 10.2. The van der Waals surface area contributed by atoms with Gasteiger partial charge in [-0.2, -0.15) is 8.61 Å². The lowest BCUT2D eigenvalue weighted by Gasteiger charge is -2.26. The normalized spacial score (nSPS) is 16.2. The van der Waals surface area contributed by atoms with Gasteiger partial charge in [-0.25, -0.2) is 16.8 Å². The number of ether oxygens (including phenoxy) is 1. The maximum absolute atomic E-state index is 12.6. The highest BCUT2D eigenvalue weighted by Crippen LogP contribution is 2.17. The smallest absolute Gasteiger partial charge is 0.251 e. The number of sulfonamides is 2. The fraction of sp³-hybridized carbons (Fsp3) is 0.588. The number of hydrogen-bond donors (Lipinski definition) is 1. The lowest BCUT2D eigenvalue weighted by molar-refractivity contribution is 0.0730. The SMILES string of the molecule is CCN(CC)S(=O)(=O)c1cccc(C(=O)NCCS(=O)(=O)N2CCOCC2)c1. The van der Waals surface area contributed by atoms with Gasteiger partial charge in [-0.15, -0.1) is 0 Å². The number of carbonyl (C=O) groups is 1. The number of carbonyl (C=O) groups excluding carboxylic acids is 1. The molecule has 9 nitrogen and oxygen atoms in total. The number of amides is 1. The van der Waals surface area contributed by atoms with E-state index in [1.807, 2.05) is 0 Å².